The summed E-state index contributed by atoms with van der Waals surface area (Å²) in [6.45, 7) is 7.00. The van der Waals surface area contributed by atoms with Crippen molar-refractivity contribution in [2.24, 2.45) is 0 Å². The number of pyridine rings is 1. The minimum Gasteiger partial charge on any atom is -0.444 e. The van der Waals surface area contributed by atoms with E-state index in [1.54, 1.807) is 17.0 Å². The molecule has 0 N–H and O–H groups in total. The van der Waals surface area contributed by atoms with Crippen LogP contribution in [0.3, 0.4) is 0 Å². The number of amides is 1. The van der Waals surface area contributed by atoms with Crippen molar-refractivity contribution in [2.75, 3.05) is 18.0 Å². The molecule has 1 saturated heterocycles. The van der Waals surface area contributed by atoms with Crippen LogP contribution in [0.15, 0.2) is 30.9 Å². The average molecular weight is 509 g/mol. The van der Waals surface area contributed by atoms with Gasteiger partial charge in [-0.2, -0.15) is 8.78 Å². The maximum atomic E-state index is 13.3. The Morgan fingerprint density at radius 2 is 1.91 bits per heavy atom. The van der Waals surface area contributed by atoms with Crippen LogP contribution in [0, 0.1) is 0 Å². The van der Waals surface area contributed by atoms with Gasteiger partial charge in [-0.05, 0) is 40.7 Å². The van der Waals surface area contributed by atoms with E-state index in [0.717, 1.165) is 0 Å². The maximum Gasteiger partial charge on any atom is 0.410 e. The monoisotopic (exact) mass is 508 g/mol. The first kappa shape index (κ1) is 24.9. The Balaban J connectivity index is 1.75. The summed E-state index contributed by atoms with van der Waals surface area (Å²) in [5.74, 6) is 0.740. The van der Waals surface area contributed by atoms with E-state index in [1.165, 1.54) is 23.3 Å². The molecule has 0 aromatic carbocycles. The van der Waals surface area contributed by atoms with Crippen molar-refractivity contribution in [1.82, 2.24) is 24.4 Å². The highest BCUT2D eigenvalue weighted by atomic mass is 35.5. The number of hydrogen-bond acceptors (Lipinski definition) is 7. The maximum absolute atomic E-state index is 13.3. The average Bonchev–Trinajstić information content (AvgIpc) is 3.12. The number of anilines is 1. The highest BCUT2D eigenvalue weighted by molar-refractivity contribution is 6.30. The molecule has 3 aromatic heterocycles. The second-order valence-corrected chi connectivity index (χ2v) is 9.89. The lowest BCUT2D eigenvalue weighted by atomic mass is 10.1. The molecular weight excluding hydrogens is 482 g/mol. The fourth-order valence-corrected chi connectivity index (χ4v) is 4.27. The summed E-state index contributed by atoms with van der Waals surface area (Å²) in [5.41, 5.74) is -0.274. The van der Waals surface area contributed by atoms with Gasteiger partial charge in [-0.1, -0.05) is 11.6 Å². The fourth-order valence-electron chi connectivity index (χ4n) is 4.11. The molecule has 2 atom stereocenters. The topological polar surface area (TPSA) is 85.6 Å². The van der Waals surface area contributed by atoms with Gasteiger partial charge in [0.1, 0.15) is 29.0 Å². The van der Waals surface area contributed by atoms with E-state index in [-0.39, 0.29) is 17.8 Å². The number of piperazine rings is 1. The Morgan fingerprint density at radius 3 is 2.57 bits per heavy atom. The van der Waals surface area contributed by atoms with Crippen molar-refractivity contribution in [2.45, 2.75) is 58.9 Å². The van der Waals surface area contributed by atoms with Crippen LogP contribution >= 0.6 is 11.6 Å². The second-order valence-electron chi connectivity index (χ2n) is 9.45. The van der Waals surface area contributed by atoms with Gasteiger partial charge in [0.25, 0.3) is 0 Å². The van der Waals surface area contributed by atoms with Gasteiger partial charge >= 0.3 is 12.7 Å². The first-order valence-corrected chi connectivity index (χ1v) is 11.5. The summed E-state index contributed by atoms with van der Waals surface area (Å²) >= 11 is 6.12. The van der Waals surface area contributed by atoms with Gasteiger partial charge in [-0.15, -0.1) is 0 Å². The third kappa shape index (κ3) is 5.24. The number of aromatic nitrogens is 4. The van der Waals surface area contributed by atoms with Crippen molar-refractivity contribution < 1.29 is 23.0 Å². The Hall–Kier alpha value is -3.21. The minimum absolute atomic E-state index is 0.0817. The summed E-state index contributed by atoms with van der Waals surface area (Å²) in [4.78, 5) is 29.4. The Bertz CT molecular complexity index is 1230. The number of carbonyl (C=O) groups excluding carboxylic acids is 1. The molecule has 4 rings (SSSR count). The van der Waals surface area contributed by atoms with Gasteiger partial charge in [0, 0.05) is 42.5 Å². The van der Waals surface area contributed by atoms with Gasteiger partial charge in [0.05, 0.1) is 6.20 Å². The summed E-state index contributed by atoms with van der Waals surface area (Å²) in [5, 5.41) is 0.752. The van der Waals surface area contributed by atoms with Gasteiger partial charge < -0.3 is 19.3 Å². The Kier molecular flexibility index (Phi) is 6.72. The van der Waals surface area contributed by atoms with Gasteiger partial charge in [0.15, 0.2) is 11.4 Å². The molecule has 3 aromatic rings. The van der Waals surface area contributed by atoms with Crippen LogP contribution in [0.25, 0.3) is 16.9 Å². The number of carbonyl (C=O) groups is 1. The predicted octanol–water partition coefficient (Wildman–Crippen LogP) is 4.90. The van der Waals surface area contributed by atoms with Crippen molar-refractivity contribution in [3.8, 4) is 11.6 Å². The molecule has 4 heterocycles. The van der Waals surface area contributed by atoms with E-state index in [2.05, 4.69) is 15.0 Å². The van der Waals surface area contributed by atoms with Crippen LogP contribution in [-0.4, -0.2) is 67.9 Å². The van der Waals surface area contributed by atoms with Gasteiger partial charge in [-0.25, -0.2) is 19.7 Å². The van der Waals surface area contributed by atoms with Gasteiger partial charge in [-0.3, -0.25) is 4.57 Å². The second kappa shape index (κ2) is 9.44. The van der Waals surface area contributed by atoms with E-state index < -0.39 is 18.3 Å². The van der Waals surface area contributed by atoms with Crippen molar-refractivity contribution >= 4 is 34.5 Å². The first-order chi connectivity index (χ1) is 16.4. The van der Waals surface area contributed by atoms with Crippen LogP contribution < -0.4 is 9.64 Å². The zero-order valence-electron chi connectivity index (χ0n) is 20.1. The molecule has 1 amide bonds. The summed E-state index contributed by atoms with van der Waals surface area (Å²) in [6, 6.07) is 2.80. The normalized spacial score (nSPS) is 18.9. The molecule has 35 heavy (non-hydrogen) atoms. The summed E-state index contributed by atoms with van der Waals surface area (Å²) in [6.07, 6.45) is 3.88. The molecule has 1 aliphatic rings. The minimum atomic E-state index is -3.05. The third-order valence-corrected chi connectivity index (χ3v) is 5.82. The molecule has 1 aliphatic heterocycles. The number of nitrogens with zero attached hydrogens (tertiary/aromatic N) is 6. The molecule has 0 aliphatic carbocycles. The lowest BCUT2D eigenvalue weighted by molar-refractivity contribution is -0.0488. The molecule has 1 unspecified atom stereocenters. The zero-order valence-corrected chi connectivity index (χ0v) is 20.8. The predicted molar refractivity (Wildman–Crippen MR) is 128 cm³/mol. The lowest BCUT2D eigenvalue weighted by Gasteiger charge is -2.44. The number of rotatable bonds is 4. The number of halogens is 3. The summed E-state index contributed by atoms with van der Waals surface area (Å²) in [7, 11) is 0. The fraction of sp³-hybridized carbons (Fsp3) is 0.478. The van der Waals surface area contributed by atoms with Crippen LogP contribution in [-0.2, 0) is 4.74 Å². The largest absolute Gasteiger partial charge is 0.444 e. The Morgan fingerprint density at radius 1 is 1.17 bits per heavy atom. The molecule has 0 spiro atoms. The molecular formula is C23H27ClF2N6O3. The summed E-state index contributed by atoms with van der Waals surface area (Å²) < 4.78 is 38.6. The van der Waals surface area contributed by atoms with Crippen molar-refractivity contribution in [3.05, 3.63) is 35.9 Å². The zero-order chi connectivity index (χ0) is 25.5. The Labute approximate surface area is 206 Å². The number of hydrogen-bond donors (Lipinski definition) is 0. The van der Waals surface area contributed by atoms with E-state index in [9.17, 15) is 13.6 Å². The van der Waals surface area contributed by atoms with E-state index in [1.807, 2.05) is 39.5 Å². The SMILES string of the molecule is CC1CN(C(=O)OC(C)(C)C)[C@@H](C)CN1c1ncnc2c1c(OC(F)F)cn2-c1cc(Cl)ccn1. The molecule has 1 fully saturated rings. The highest BCUT2D eigenvalue weighted by Crippen LogP contribution is 2.38. The van der Waals surface area contributed by atoms with Gasteiger partial charge in [0.2, 0.25) is 0 Å². The molecule has 0 radical (unpaired) electrons. The molecule has 0 saturated carbocycles. The third-order valence-electron chi connectivity index (χ3n) is 5.58. The molecule has 0 bridgehead atoms. The van der Waals surface area contributed by atoms with E-state index in [4.69, 9.17) is 21.1 Å². The van der Waals surface area contributed by atoms with Crippen LogP contribution in [0.1, 0.15) is 34.6 Å². The smallest absolute Gasteiger partial charge is 0.410 e. The lowest BCUT2D eigenvalue weighted by Crippen LogP contribution is -2.59. The van der Waals surface area contributed by atoms with Crippen molar-refractivity contribution in [1.29, 1.82) is 0 Å². The van der Waals surface area contributed by atoms with E-state index >= 15 is 0 Å². The highest BCUT2D eigenvalue weighted by Gasteiger charge is 2.36. The van der Waals surface area contributed by atoms with Crippen LogP contribution in [0.2, 0.25) is 5.02 Å². The molecule has 188 valence electrons. The van der Waals surface area contributed by atoms with Crippen LogP contribution in [0.5, 0.6) is 5.75 Å². The number of ether oxygens (including phenoxy) is 2. The van der Waals surface area contributed by atoms with Crippen molar-refractivity contribution in [3.63, 3.8) is 0 Å². The molecule has 9 nitrogen and oxygen atoms in total. The standard InChI is InChI=1S/C23H27ClF2N6O3/c1-13-10-31(22(33)35-23(3,4)5)14(2)9-30(13)19-18-16(34-21(25)26)11-32(20(18)29-12-28-19)17-8-15(24)6-7-27-17/h6-8,11-14,21H,9-10H2,1-5H3/t13?,14-/m0/s1. The van der Waals surface area contributed by atoms with E-state index in [0.29, 0.717) is 40.8 Å². The quantitative estimate of drug-likeness (QED) is 0.495. The number of alkyl halides is 2. The first-order valence-electron chi connectivity index (χ1n) is 11.1. The molecule has 12 heteroatoms. The number of fused-ring (bicyclic) bond motifs is 1. The van der Waals surface area contributed by atoms with Crippen LogP contribution in [0.4, 0.5) is 19.4 Å².